The van der Waals surface area contributed by atoms with Crippen molar-refractivity contribution in [3.8, 4) is 0 Å². The average molecular weight is 190 g/mol. The maximum absolute atomic E-state index is 12.1. The van der Waals surface area contributed by atoms with Gasteiger partial charge in [-0.2, -0.15) is 0 Å². The molecule has 1 aliphatic carbocycles. The third-order valence-corrected chi connectivity index (χ3v) is 3.20. The highest BCUT2D eigenvalue weighted by Crippen LogP contribution is 2.42. The monoisotopic (exact) mass is 190 g/mol. The summed E-state index contributed by atoms with van der Waals surface area (Å²) < 4.78 is 0. The van der Waals surface area contributed by atoms with Crippen molar-refractivity contribution in [3.05, 3.63) is 37.0 Å². The zero-order valence-electron chi connectivity index (χ0n) is 9.05. The molecular weight excluding hydrogens is 172 g/mol. The van der Waals surface area contributed by atoms with Gasteiger partial charge in [-0.25, -0.2) is 0 Å². The fourth-order valence-corrected chi connectivity index (χ4v) is 2.03. The standard InChI is InChI=1S/C13H18O/c1-5-7-11-9-10(3)13(4,8-6-2)12(11)14/h5-6,9-10H,1-2,7-8H2,3-4H3/t10-,13+/m1/s1. The van der Waals surface area contributed by atoms with E-state index in [1.807, 2.05) is 13.0 Å². The van der Waals surface area contributed by atoms with Gasteiger partial charge in [0.1, 0.15) is 0 Å². The van der Waals surface area contributed by atoms with Gasteiger partial charge in [-0.05, 0) is 24.3 Å². The molecule has 0 aromatic carbocycles. The predicted octanol–water partition coefficient (Wildman–Crippen LogP) is 3.29. The van der Waals surface area contributed by atoms with Gasteiger partial charge in [-0.15, -0.1) is 13.2 Å². The maximum Gasteiger partial charge on any atom is 0.165 e. The summed E-state index contributed by atoms with van der Waals surface area (Å²) in [6.45, 7) is 11.5. The van der Waals surface area contributed by atoms with Gasteiger partial charge in [0.25, 0.3) is 0 Å². The molecule has 0 saturated heterocycles. The van der Waals surface area contributed by atoms with Crippen molar-refractivity contribution in [1.29, 1.82) is 0 Å². The minimum Gasteiger partial charge on any atom is -0.294 e. The van der Waals surface area contributed by atoms with E-state index in [0.29, 0.717) is 12.3 Å². The minimum absolute atomic E-state index is 0.264. The highest BCUT2D eigenvalue weighted by atomic mass is 16.1. The molecule has 1 rings (SSSR count). The lowest BCUT2D eigenvalue weighted by Gasteiger charge is -2.26. The molecule has 0 fully saturated rings. The summed E-state index contributed by atoms with van der Waals surface area (Å²) in [7, 11) is 0. The summed E-state index contributed by atoms with van der Waals surface area (Å²) in [4.78, 5) is 12.1. The van der Waals surface area contributed by atoms with E-state index in [4.69, 9.17) is 0 Å². The average Bonchev–Trinajstić information content (AvgIpc) is 2.33. The van der Waals surface area contributed by atoms with E-state index in [-0.39, 0.29) is 11.2 Å². The van der Waals surface area contributed by atoms with E-state index >= 15 is 0 Å². The van der Waals surface area contributed by atoms with Crippen LogP contribution in [0.3, 0.4) is 0 Å². The van der Waals surface area contributed by atoms with Gasteiger partial charge in [-0.3, -0.25) is 4.79 Å². The number of hydrogen-bond acceptors (Lipinski definition) is 1. The molecule has 0 N–H and O–H groups in total. The fraction of sp³-hybridized carbons (Fsp3) is 0.462. The number of carbonyl (C=O) groups excluding carboxylic acids is 1. The Morgan fingerprint density at radius 3 is 2.64 bits per heavy atom. The first-order chi connectivity index (χ1) is 6.56. The summed E-state index contributed by atoms with van der Waals surface area (Å²) in [6, 6.07) is 0. The summed E-state index contributed by atoms with van der Waals surface area (Å²) >= 11 is 0. The second-order valence-electron chi connectivity index (χ2n) is 4.21. The Morgan fingerprint density at radius 1 is 1.50 bits per heavy atom. The molecule has 0 heterocycles. The van der Waals surface area contributed by atoms with E-state index in [2.05, 4.69) is 26.2 Å². The van der Waals surface area contributed by atoms with Crippen LogP contribution in [0.4, 0.5) is 0 Å². The van der Waals surface area contributed by atoms with Crippen LogP contribution >= 0.6 is 0 Å². The van der Waals surface area contributed by atoms with Crippen molar-refractivity contribution in [2.24, 2.45) is 11.3 Å². The Kier molecular flexibility index (Phi) is 3.10. The quantitative estimate of drug-likeness (QED) is 0.622. The Bertz CT molecular complexity index is 298. The molecule has 1 heteroatoms. The molecule has 1 aliphatic rings. The molecule has 76 valence electrons. The fourth-order valence-electron chi connectivity index (χ4n) is 2.03. The molecule has 0 aliphatic heterocycles. The number of allylic oxidation sites excluding steroid dienone is 4. The van der Waals surface area contributed by atoms with Gasteiger partial charge in [0.05, 0.1) is 0 Å². The van der Waals surface area contributed by atoms with Crippen LogP contribution in [-0.2, 0) is 4.79 Å². The number of rotatable bonds is 4. The van der Waals surface area contributed by atoms with Gasteiger partial charge < -0.3 is 0 Å². The summed E-state index contributed by atoms with van der Waals surface area (Å²) in [5.74, 6) is 0.577. The lowest BCUT2D eigenvalue weighted by Crippen LogP contribution is -2.28. The first-order valence-electron chi connectivity index (χ1n) is 5.03. The molecule has 14 heavy (non-hydrogen) atoms. The van der Waals surface area contributed by atoms with Crippen molar-refractivity contribution in [2.45, 2.75) is 26.7 Å². The molecule has 0 bridgehead atoms. The third kappa shape index (κ3) is 1.59. The van der Waals surface area contributed by atoms with E-state index in [0.717, 1.165) is 12.0 Å². The number of carbonyl (C=O) groups is 1. The van der Waals surface area contributed by atoms with Crippen LogP contribution in [0, 0.1) is 11.3 Å². The molecule has 1 nitrogen and oxygen atoms in total. The van der Waals surface area contributed by atoms with E-state index < -0.39 is 0 Å². The largest absolute Gasteiger partial charge is 0.294 e. The highest BCUT2D eigenvalue weighted by molar-refractivity contribution is 6.02. The summed E-state index contributed by atoms with van der Waals surface area (Å²) in [5.41, 5.74) is 0.650. The number of ketones is 1. The first-order valence-corrected chi connectivity index (χ1v) is 5.03. The molecule has 0 spiro atoms. The highest BCUT2D eigenvalue weighted by Gasteiger charge is 2.42. The molecule has 0 aromatic heterocycles. The van der Waals surface area contributed by atoms with Crippen molar-refractivity contribution in [2.75, 3.05) is 0 Å². The van der Waals surface area contributed by atoms with Gasteiger partial charge in [0, 0.05) is 5.41 Å². The van der Waals surface area contributed by atoms with Gasteiger partial charge >= 0.3 is 0 Å². The zero-order valence-corrected chi connectivity index (χ0v) is 9.05. The molecular formula is C13H18O. The Morgan fingerprint density at radius 2 is 2.14 bits per heavy atom. The predicted molar refractivity (Wildman–Crippen MR) is 60.0 cm³/mol. The van der Waals surface area contributed by atoms with Gasteiger partial charge in [0.15, 0.2) is 5.78 Å². The molecule has 0 radical (unpaired) electrons. The molecule has 2 atom stereocenters. The van der Waals surface area contributed by atoms with Crippen molar-refractivity contribution in [1.82, 2.24) is 0 Å². The van der Waals surface area contributed by atoms with Crippen LogP contribution in [-0.4, -0.2) is 5.78 Å². The maximum atomic E-state index is 12.1. The third-order valence-electron chi connectivity index (χ3n) is 3.20. The first kappa shape index (κ1) is 11.0. The topological polar surface area (TPSA) is 17.1 Å². The Hall–Kier alpha value is -1.11. The Balaban J connectivity index is 2.92. The summed E-state index contributed by atoms with van der Waals surface area (Å²) in [6.07, 6.45) is 7.14. The molecule has 0 amide bonds. The minimum atomic E-state index is -0.264. The Labute approximate surface area is 86.2 Å². The zero-order chi connectivity index (χ0) is 10.8. The normalized spacial score (nSPS) is 31.4. The second-order valence-corrected chi connectivity index (χ2v) is 4.21. The lowest BCUT2D eigenvalue weighted by atomic mass is 9.76. The molecule has 0 aromatic rings. The summed E-state index contributed by atoms with van der Waals surface area (Å²) in [5, 5.41) is 0. The number of Topliss-reactive ketones (excluding diaryl/α,β-unsaturated/α-hetero) is 1. The lowest BCUT2D eigenvalue weighted by molar-refractivity contribution is -0.124. The van der Waals surface area contributed by atoms with Crippen molar-refractivity contribution >= 4 is 5.78 Å². The van der Waals surface area contributed by atoms with Crippen molar-refractivity contribution < 1.29 is 4.79 Å². The van der Waals surface area contributed by atoms with Crippen LogP contribution in [0.15, 0.2) is 37.0 Å². The molecule has 0 unspecified atom stereocenters. The van der Waals surface area contributed by atoms with Gasteiger partial charge in [0.2, 0.25) is 0 Å². The number of hydrogen-bond donors (Lipinski definition) is 0. The van der Waals surface area contributed by atoms with Crippen LogP contribution in [0.2, 0.25) is 0 Å². The smallest absolute Gasteiger partial charge is 0.165 e. The van der Waals surface area contributed by atoms with Crippen LogP contribution in [0.1, 0.15) is 26.7 Å². The van der Waals surface area contributed by atoms with Crippen molar-refractivity contribution in [3.63, 3.8) is 0 Å². The van der Waals surface area contributed by atoms with Crippen LogP contribution in [0.25, 0.3) is 0 Å². The van der Waals surface area contributed by atoms with Gasteiger partial charge in [-0.1, -0.05) is 32.1 Å². The van der Waals surface area contributed by atoms with Crippen LogP contribution in [0.5, 0.6) is 0 Å². The SMILES string of the molecule is C=CCC1=C[C@@H](C)[C@](C)(CC=C)C1=O. The second kappa shape index (κ2) is 3.95. The molecule has 0 saturated carbocycles. The van der Waals surface area contributed by atoms with E-state index in [9.17, 15) is 4.79 Å². The van der Waals surface area contributed by atoms with Crippen LogP contribution < -0.4 is 0 Å². The van der Waals surface area contributed by atoms with E-state index in [1.165, 1.54) is 0 Å². The van der Waals surface area contributed by atoms with E-state index in [1.54, 1.807) is 6.08 Å².